The molecule has 0 amide bonds. The third kappa shape index (κ3) is 4.46. The van der Waals surface area contributed by atoms with Crippen molar-refractivity contribution in [3.63, 3.8) is 0 Å². The average molecular weight is 236 g/mol. The zero-order valence-corrected chi connectivity index (χ0v) is 10.1. The molecule has 0 unspecified atom stereocenters. The molecule has 1 heterocycles. The summed E-state index contributed by atoms with van der Waals surface area (Å²) >= 11 is 0. The van der Waals surface area contributed by atoms with Crippen LogP contribution in [-0.4, -0.2) is 45.6 Å². The average Bonchev–Trinajstić information content (AvgIpc) is 2.26. The Kier molecular flexibility index (Phi) is 5.52. The lowest BCUT2D eigenvalue weighted by Crippen LogP contribution is -2.46. The standard InChI is InChI=1S/C9H20N2O3S/c1-2-3-4-5-10-15(12,13)11-6-8-14-9-7-11/h10H,2-9H2,1H3. The van der Waals surface area contributed by atoms with Gasteiger partial charge in [-0.05, 0) is 6.42 Å². The number of rotatable bonds is 6. The first-order chi connectivity index (χ1) is 7.17. The maximum absolute atomic E-state index is 11.7. The van der Waals surface area contributed by atoms with Crippen LogP contribution in [0.25, 0.3) is 0 Å². The predicted octanol–water partition coefficient (Wildman–Crippen LogP) is 0.343. The maximum atomic E-state index is 11.7. The van der Waals surface area contributed by atoms with Gasteiger partial charge in [0.1, 0.15) is 0 Å². The molecule has 1 fully saturated rings. The lowest BCUT2D eigenvalue weighted by Gasteiger charge is -2.26. The Morgan fingerprint density at radius 1 is 1.27 bits per heavy atom. The minimum absolute atomic E-state index is 0.461. The van der Waals surface area contributed by atoms with Crippen LogP contribution in [0.5, 0.6) is 0 Å². The summed E-state index contributed by atoms with van der Waals surface area (Å²) in [4.78, 5) is 0. The monoisotopic (exact) mass is 236 g/mol. The second-order valence-electron chi connectivity index (χ2n) is 3.62. The van der Waals surface area contributed by atoms with Crippen LogP contribution in [0.2, 0.25) is 0 Å². The first kappa shape index (κ1) is 12.9. The Balaban J connectivity index is 2.30. The molecule has 6 heteroatoms. The molecule has 0 atom stereocenters. The number of unbranched alkanes of at least 4 members (excludes halogenated alkanes) is 2. The molecule has 0 aromatic rings. The second kappa shape index (κ2) is 6.42. The molecular formula is C9H20N2O3S. The van der Waals surface area contributed by atoms with E-state index in [1.54, 1.807) is 0 Å². The van der Waals surface area contributed by atoms with Gasteiger partial charge in [-0.25, -0.2) is 4.72 Å². The van der Waals surface area contributed by atoms with Crippen LogP contribution in [0.3, 0.4) is 0 Å². The fourth-order valence-corrected chi connectivity index (χ4v) is 2.67. The SMILES string of the molecule is CCCCCNS(=O)(=O)N1CCOCC1. The van der Waals surface area contributed by atoms with Gasteiger partial charge in [0.15, 0.2) is 0 Å². The van der Waals surface area contributed by atoms with Gasteiger partial charge in [0, 0.05) is 19.6 Å². The van der Waals surface area contributed by atoms with Crippen LogP contribution in [-0.2, 0) is 14.9 Å². The normalized spacial score (nSPS) is 19.3. The van der Waals surface area contributed by atoms with Crippen molar-refractivity contribution in [1.82, 2.24) is 9.03 Å². The lowest BCUT2D eigenvalue weighted by atomic mass is 10.3. The van der Waals surface area contributed by atoms with E-state index >= 15 is 0 Å². The molecular weight excluding hydrogens is 216 g/mol. The molecule has 0 bridgehead atoms. The van der Waals surface area contributed by atoms with Crippen LogP contribution in [0.4, 0.5) is 0 Å². The van der Waals surface area contributed by atoms with Crippen LogP contribution in [0, 0.1) is 0 Å². The van der Waals surface area contributed by atoms with Crippen LogP contribution >= 0.6 is 0 Å². The van der Waals surface area contributed by atoms with Gasteiger partial charge in [0.05, 0.1) is 13.2 Å². The Morgan fingerprint density at radius 2 is 1.93 bits per heavy atom. The Hall–Kier alpha value is -0.170. The Morgan fingerprint density at radius 3 is 2.53 bits per heavy atom. The number of nitrogens with one attached hydrogen (secondary N) is 1. The molecule has 1 aliphatic rings. The maximum Gasteiger partial charge on any atom is 0.279 e. The third-order valence-corrected chi connectivity index (χ3v) is 3.99. The number of ether oxygens (including phenoxy) is 1. The second-order valence-corrected chi connectivity index (χ2v) is 5.37. The molecule has 1 aliphatic heterocycles. The summed E-state index contributed by atoms with van der Waals surface area (Å²) < 4.78 is 32.6. The van der Waals surface area contributed by atoms with Crippen molar-refractivity contribution in [2.75, 3.05) is 32.8 Å². The minimum Gasteiger partial charge on any atom is -0.379 e. The Labute approximate surface area is 92.0 Å². The summed E-state index contributed by atoms with van der Waals surface area (Å²) in [5.74, 6) is 0. The molecule has 0 radical (unpaired) electrons. The van der Waals surface area contributed by atoms with Gasteiger partial charge in [-0.2, -0.15) is 12.7 Å². The molecule has 1 saturated heterocycles. The molecule has 0 aromatic heterocycles. The fourth-order valence-electron chi connectivity index (χ4n) is 1.45. The first-order valence-electron chi connectivity index (χ1n) is 5.49. The van der Waals surface area contributed by atoms with Gasteiger partial charge < -0.3 is 4.74 Å². The van der Waals surface area contributed by atoms with E-state index in [1.807, 2.05) is 0 Å². The molecule has 0 spiro atoms. The highest BCUT2D eigenvalue weighted by Crippen LogP contribution is 2.03. The minimum atomic E-state index is -3.26. The number of nitrogens with zero attached hydrogens (tertiary/aromatic N) is 1. The van der Waals surface area contributed by atoms with E-state index in [1.165, 1.54) is 4.31 Å². The zero-order valence-electron chi connectivity index (χ0n) is 9.24. The quantitative estimate of drug-likeness (QED) is 0.677. The van der Waals surface area contributed by atoms with E-state index in [9.17, 15) is 8.42 Å². The van der Waals surface area contributed by atoms with Crippen molar-refractivity contribution in [2.45, 2.75) is 26.2 Å². The van der Waals surface area contributed by atoms with E-state index in [0.29, 0.717) is 32.8 Å². The third-order valence-electron chi connectivity index (χ3n) is 2.37. The van der Waals surface area contributed by atoms with Crippen molar-refractivity contribution in [3.05, 3.63) is 0 Å². The number of morpholine rings is 1. The fraction of sp³-hybridized carbons (Fsp3) is 1.00. The smallest absolute Gasteiger partial charge is 0.279 e. The van der Waals surface area contributed by atoms with E-state index < -0.39 is 10.2 Å². The highest BCUT2D eigenvalue weighted by atomic mass is 32.2. The predicted molar refractivity (Wildman–Crippen MR) is 58.8 cm³/mol. The molecule has 0 aromatic carbocycles. The van der Waals surface area contributed by atoms with Gasteiger partial charge in [0.2, 0.25) is 0 Å². The van der Waals surface area contributed by atoms with Gasteiger partial charge in [0.25, 0.3) is 10.2 Å². The van der Waals surface area contributed by atoms with Crippen molar-refractivity contribution in [1.29, 1.82) is 0 Å². The van der Waals surface area contributed by atoms with E-state index in [0.717, 1.165) is 19.3 Å². The molecule has 90 valence electrons. The highest BCUT2D eigenvalue weighted by Gasteiger charge is 2.23. The lowest BCUT2D eigenvalue weighted by molar-refractivity contribution is 0.0725. The summed E-state index contributed by atoms with van der Waals surface area (Å²) in [6.07, 6.45) is 3.06. The summed E-state index contributed by atoms with van der Waals surface area (Å²) in [6.45, 7) is 4.54. The number of hydrogen-bond donors (Lipinski definition) is 1. The van der Waals surface area contributed by atoms with Crippen molar-refractivity contribution < 1.29 is 13.2 Å². The molecule has 1 N–H and O–H groups in total. The van der Waals surface area contributed by atoms with E-state index in [-0.39, 0.29) is 0 Å². The van der Waals surface area contributed by atoms with Crippen LogP contribution in [0.15, 0.2) is 0 Å². The Bertz CT molecular complexity index is 261. The topological polar surface area (TPSA) is 58.6 Å². The highest BCUT2D eigenvalue weighted by molar-refractivity contribution is 7.87. The summed E-state index contributed by atoms with van der Waals surface area (Å²) in [7, 11) is -3.26. The zero-order chi connectivity index (χ0) is 11.1. The summed E-state index contributed by atoms with van der Waals surface area (Å²) in [5.41, 5.74) is 0. The van der Waals surface area contributed by atoms with Gasteiger partial charge in [-0.3, -0.25) is 0 Å². The van der Waals surface area contributed by atoms with Gasteiger partial charge >= 0.3 is 0 Å². The van der Waals surface area contributed by atoms with Gasteiger partial charge in [-0.1, -0.05) is 19.8 Å². The molecule has 5 nitrogen and oxygen atoms in total. The molecule has 0 saturated carbocycles. The largest absolute Gasteiger partial charge is 0.379 e. The van der Waals surface area contributed by atoms with E-state index in [4.69, 9.17) is 4.74 Å². The van der Waals surface area contributed by atoms with E-state index in [2.05, 4.69) is 11.6 Å². The van der Waals surface area contributed by atoms with Crippen molar-refractivity contribution in [2.24, 2.45) is 0 Å². The van der Waals surface area contributed by atoms with Crippen molar-refractivity contribution >= 4 is 10.2 Å². The number of hydrogen-bond acceptors (Lipinski definition) is 3. The molecule has 0 aliphatic carbocycles. The van der Waals surface area contributed by atoms with Gasteiger partial charge in [-0.15, -0.1) is 0 Å². The molecule has 15 heavy (non-hydrogen) atoms. The summed E-state index contributed by atoms with van der Waals surface area (Å²) in [5, 5.41) is 0. The first-order valence-corrected chi connectivity index (χ1v) is 6.93. The van der Waals surface area contributed by atoms with Crippen LogP contribution in [0.1, 0.15) is 26.2 Å². The summed E-state index contributed by atoms with van der Waals surface area (Å²) in [6, 6.07) is 0. The van der Waals surface area contributed by atoms with Crippen LogP contribution < -0.4 is 4.72 Å². The van der Waals surface area contributed by atoms with Crippen molar-refractivity contribution in [3.8, 4) is 0 Å². The molecule has 1 rings (SSSR count).